The molecule has 1 aromatic heterocycles. The van der Waals surface area contributed by atoms with Crippen LogP contribution in [0.5, 0.6) is 0 Å². The predicted molar refractivity (Wildman–Crippen MR) is 84.6 cm³/mol. The number of methoxy groups -OCH3 is 2. The summed E-state index contributed by atoms with van der Waals surface area (Å²) in [5.74, 6) is 0. The Labute approximate surface area is 126 Å². The minimum atomic E-state index is 0.318. The molecule has 1 aromatic rings. The minimum Gasteiger partial charge on any atom is -0.383 e. The van der Waals surface area contributed by atoms with Crippen molar-refractivity contribution in [1.82, 2.24) is 10.3 Å². The van der Waals surface area contributed by atoms with Crippen LogP contribution in [-0.4, -0.2) is 44.9 Å². The van der Waals surface area contributed by atoms with Gasteiger partial charge in [0.05, 0.1) is 24.9 Å². The standard InChI is InChI=1S/C14H27N3O2S/c1-6-15-8-13-12(10-19-5)16-14(20-13)17(7-2)11(3)9-18-4/h11,15H,6-10H2,1-5H3. The van der Waals surface area contributed by atoms with Crippen LogP contribution in [0.4, 0.5) is 5.13 Å². The Morgan fingerprint density at radius 2 is 2.05 bits per heavy atom. The SMILES string of the molecule is CCNCc1sc(N(CC)C(C)COC)nc1COC. The van der Waals surface area contributed by atoms with E-state index in [1.807, 2.05) is 0 Å². The Bertz CT molecular complexity index is 384. The molecule has 0 saturated heterocycles. The van der Waals surface area contributed by atoms with E-state index in [9.17, 15) is 0 Å². The molecule has 0 fully saturated rings. The van der Waals surface area contributed by atoms with Crippen LogP contribution in [0.15, 0.2) is 0 Å². The third-order valence-electron chi connectivity index (χ3n) is 3.11. The number of nitrogens with zero attached hydrogens (tertiary/aromatic N) is 2. The molecule has 0 spiro atoms. The normalized spacial score (nSPS) is 12.7. The van der Waals surface area contributed by atoms with E-state index in [0.717, 1.165) is 30.5 Å². The number of hydrogen-bond acceptors (Lipinski definition) is 6. The minimum absolute atomic E-state index is 0.318. The van der Waals surface area contributed by atoms with Crippen LogP contribution in [0, 0.1) is 0 Å². The first kappa shape index (κ1) is 17.4. The van der Waals surface area contributed by atoms with Gasteiger partial charge in [-0.25, -0.2) is 4.98 Å². The maximum absolute atomic E-state index is 5.26. The van der Waals surface area contributed by atoms with Gasteiger partial charge in [-0.15, -0.1) is 11.3 Å². The maximum Gasteiger partial charge on any atom is 0.186 e. The van der Waals surface area contributed by atoms with Crippen LogP contribution in [0.2, 0.25) is 0 Å². The molecule has 0 radical (unpaired) electrons. The average Bonchev–Trinajstić information content (AvgIpc) is 2.81. The zero-order chi connectivity index (χ0) is 15.0. The summed E-state index contributed by atoms with van der Waals surface area (Å²) in [4.78, 5) is 8.29. The number of hydrogen-bond donors (Lipinski definition) is 1. The van der Waals surface area contributed by atoms with E-state index in [1.54, 1.807) is 25.6 Å². The third-order valence-corrected chi connectivity index (χ3v) is 4.24. The molecule has 1 unspecified atom stereocenters. The Morgan fingerprint density at radius 1 is 1.30 bits per heavy atom. The smallest absolute Gasteiger partial charge is 0.186 e. The van der Waals surface area contributed by atoms with Gasteiger partial charge in [0.1, 0.15) is 0 Å². The number of ether oxygens (including phenoxy) is 2. The highest BCUT2D eigenvalue weighted by atomic mass is 32.1. The van der Waals surface area contributed by atoms with Gasteiger partial charge in [0.25, 0.3) is 0 Å². The fourth-order valence-corrected chi connectivity index (χ4v) is 3.28. The lowest BCUT2D eigenvalue weighted by molar-refractivity contribution is 0.179. The fourth-order valence-electron chi connectivity index (χ4n) is 2.09. The van der Waals surface area contributed by atoms with E-state index in [2.05, 4.69) is 31.0 Å². The van der Waals surface area contributed by atoms with Gasteiger partial charge in [0.2, 0.25) is 0 Å². The Kier molecular flexibility index (Phi) is 8.06. The van der Waals surface area contributed by atoms with Gasteiger partial charge in [-0.2, -0.15) is 0 Å². The molecule has 6 heteroatoms. The molecular formula is C14H27N3O2S. The second-order valence-electron chi connectivity index (χ2n) is 4.67. The van der Waals surface area contributed by atoms with Crippen LogP contribution in [0.3, 0.4) is 0 Å². The highest BCUT2D eigenvalue weighted by Crippen LogP contribution is 2.28. The van der Waals surface area contributed by atoms with Gasteiger partial charge in [-0.05, 0) is 20.4 Å². The number of aromatic nitrogens is 1. The Balaban J connectivity index is 2.91. The lowest BCUT2D eigenvalue weighted by Crippen LogP contribution is -2.36. The number of rotatable bonds is 10. The van der Waals surface area contributed by atoms with E-state index in [1.165, 1.54) is 4.88 Å². The van der Waals surface area contributed by atoms with Crippen LogP contribution >= 0.6 is 11.3 Å². The summed E-state index contributed by atoms with van der Waals surface area (Å²) in [6, 6.07) is 0.318. The molecule has 0 aliphatic rings. The van der Waals surface area contributed by atoms with Crippen LogP contribution < -0.4 is 10.2 Å². The second-order valence-corrected chi connectivity index (χ2v) is 5.73. The first-order valence-electron chi connectivity index (χ1n) is 7.11. The van der Waals surface area contributed by atoms with E-state index >= 15 is 0 Å². The third kappa shape index (κ3) is 4.70. The molecule has 5 nitrogen and oxygen atoms in total. The summed E-state index contributed by atoms with van der Waals surface area (Å²) in [5.41, 5.74) is 1.04. The van der Waals surface area contributed by atoms with Crippen molar-refractivity contribution in [3.63, 3.8) is 0 Å². The zero-order valence-electron chi connectivity index (χ0n) is 13.2. The van der Waals surface area contributed by atoms with E-state index < -0.39 is 0 Å². The van der Waals surface area contributed by atoms with Gasteiger partial charge < -0.3 is 19.7 Å². The molecule has 0 saturated carbocycles. The van der Waals surface area contributed by atoms with Crippen molar-refractivity contribution in [3.05, 3.63) is 10.6 Å². The predicted octanol–water partition coefficient (Wildman–Crippen LogP) is 2.26. The zero-order valence-corrected chi connectivity index (χ0v) is 14.0. The summed E-state index contributed by atoms with van der Waals surface area (Å²) >= 11 is 1.74. The monoisotopic (exact) mass is 301 g/mol. The molecular weight excluding hydrogens is 274 g/mol. The van der Waals surface area contributed by atoms with E-state index in [0.29, 0.717) is 19.3 Å². The van der Waals surface area contributed by atoms with E-state index in [-0.39, 0.29) is 0 Å². The molecule has 0 bridgehead atoms. The average molecular weight is 301 g/mol. The van der Waals surface area contributed by atoms with Crippen LogP contribution in [0.1, 0.15) is 31.3 Å². The molecule has 0 aliphatic heterocycles. The van der Waals surface area contributed by atoms with Crippen molar-refractivity contribution < 1.29 is 9.47 Å². The lowest BCUT2D eigenvalue weighted by atomic mass is 10.3. The van der Waals surface area contributed by atoms with Crippen molar-refractivity contribution in [3.8, 4) is 0 Å². The number of likely N-dealkylation sites (N-methyl/N-ethyl adjacent to an activating group) is 1. The largest absolute Gasteiger partial charge is 0.383 e. The van der Waals surface area contributed by atoms with Gasteiger partial charge in [0.15, 0.2) is 5.13 Å². The first-order chi connectivity index (χ1) is 9.67. The Morgan fingerprint density at radius 3 is 2.60 bits per heavy atom. The quantitative estimate of drug-likeness (QED) is 0.718. The second kappa shape index (κ2) is 9.28. The van der Waals surface area contributed by atoms with Gasteiger partial charge in [-0.3, -0.25) is 0 Å². The lowest BCUT2D eigenvalue weighted by Gasteiger charge is -2.26. The maximum atomic E-state index is 5.26. The molecule has 0 aliphatic carbocycles. The van der Waals surface area contributed by atoms with Crippen molar-refractivity contribution in [2.45, 2.75) is 40.0 Å². The van der Waals surface area contributed by atoms with Gasteiger partial charge >= 0.3 is 0 Å². The molecule has 20 heavy (non-hydrogen) atoms. The van der Waals surface area contributed by atoms with Crippen molar-refractivity contribution >= 4 is 16.5 Å². The van der Waals surface area contributed by atoms with Crippen molar-refractivity contribution in [1.29, 1.82) is 0 Å². The summed E-state index contributed by atoms with van der Waals surface area (Å²) in [6.45, 7) is 10.4. The summed E-state index contributed by atoms with van der Waals surface area (Å²) < 4.78 is 10.5. The fraction of sp³-hybridized carbons (Fsp3) is 0.786. The van der Waals surface area contributed by atoms with Crippen molar-refractivity contribution in [2.75, 3.05) is 38.8 Å². The molecule has 0 amide bonds. The van der Waals surface area contributed by atoms with Gasteiger partial charge in [-0.1, -0.05) is 6.92 Å². The van der Waals surface area contributed by atoms with Gasteiger partial charge in [0, 0.05) is 32.2 Å². The number of thiazole rings is 1. The Hall–Kier alpha value is -0.690. The summed E-state index contributed by atoms with van der Waals surface area (Å²) in [5, 5.41) is 4.41. The molecule has 0 aromatic carbocycles. The number of nitrogens with one attached hydrogen (secondary N) is 1. The highest BCUT2D eigenvalue weighted by molar-refractivity contribution is 7.15. The molecule has 1 N–H and O–H groups in total. The van der Waals surface area contributed by atoms with Crippen molar-refractivity contribution in [2.24, 2.45) is 0 Å². The summed E-state index contributed by atoms with van der Waals surface area (Å²) in [6.07, 6.45) is 0. The van der Waals surface area contributed by atoms with Crippen LogP contribution in [-0.2, 0) is 22.6 Å². The molecule has 1 rings (SSSR count). The topological polar surface area (TPSA) is 46.6 Å². The summed E-state index contributed by atoms with van der Waals surface area (Å²) in [7, 11) is 3.44. The molecule has 116 valence electrons. The number of anilines is 1. The van der Waals surface area contributed by atoms with E-state index in [4.69, 9.17) is 14.5 Å². The molecule has 1 atom stereocenters. The highest BCUT2D eigenvalue weighted by Gasteiger charge is 2.19. The first-order valence-corrected chi connectivity index (χ1v) is 7.93. The molecule has 1 heterocycles. The van der Waals surface area contributed by atoms with Crippen LogP contribution in [0.25, 0.3) is 0 Å².